The first kappa shape index (κ1) is 10.1. The molecule has 0 spiro atoms. The zero-order valence-electron chi connectivity index (χ0n) is 6.93. The molecule has 1 atom stereocenters. The Kier molecular flexibility index (Phi) is 3.31. The second-order valence-electron chi connectivity index (χ2n) is 2.69. The third-order valence-electron chi connectivity index (χ3n) is 1.74. The van der Waals surface area contributed by atoms with Crippen LogP contribution < -0.4 is 5.73 Å². The van der Waals surface area contributed by atoms with Crippen molar-refractivity contribution in [1.82, 2.24) is 0 Å². The molecule has 0 amide bonds. The third kappa shape index (κ3) is 2.21. The lowest BCUT2D eigenvalue weighted by Gasteiger charge is -2.07. The van der Waals surface area contributed by atoms with Crippen LogP contribution in [0.2, 0.25) is 0 Å². The van der Waals surface area contributed by atoms with Gasteiger partial charge in [0.25, 0.3) is 0 Å². The first-order valence-electron chi connectivity index (χ1n) is 3.95. The second kappa shape index (κ2) is 4.28. The smallest absolute Gasteiger partial charge is 0.164 e. The minimum absolute atomic E-state index is 0.000370. The topological polar surface area (TPSA) is 26.0 Å². The minimum Gasteiger partial charge on any atom is -0.330 e. The Morgan fingerprint density at radius 2 is 2.00 bits per heavy atom. The molecule has 0 aliphatic carbocycles. The van der Waals surface area contributed by atoms with Crippen LogP contribution in [0.15, 0.2) is 18.2 Å². The van der Waals surface area contributed by atoms with E-state index in [1.54, 1.807) is 0 Å². The van der Waals surface area contributed by atoms with Crippen LogP contribution in [0.5, 0.6) is 0 Å². The van der Waals surface area contributed by atoms with Gasteiger partial charge in [0.1, 0.15) is 6.17 Å². The Hall–Kier alpha value is -1.03. The third-order valence-corrected chi connectivity index (χ3v) is 1.74. The predicted molar refractivity (Wildman–Crippen MR) is 43.9 cm³/mol. The van der Waals surface area contributed by atoms with E-state index in [4.69, 9.17) is 5.73 Å². The highest BCUT2D eigenvalue weighted by Gasteiger charge is 2.16. The van der Waals surface area contributed by atoms with Gasteiger partial charge in [0.05, 0.1) is 0 Å². The van der Waals surface area contributed by atoms with Gasteiger partial charge < -0.3 is 5.73 Å². The van der Waals surface area contributed by atoms with E-state index in [0.717, 1.165) is 6.07 Å². The summed E-state index contributed by atoms with van der Waals surface area (Å²) < 4.78 is 38.6. The average Bonchev–Trinajstić information content (AvgIpc) is 2.10. The van der Waals surface area contributed by atoms with Gasteiger partial charge in [-0.15, -0.1) is 0 Å². The van der Waals surface area contributed by atoms with E-state index in [1.165, 1.54) is 12.1 Å². The fraction of sp³-hybridized carbons (Fsp3) is 0.333. The monoisotopic (exact) mass is 189 g/mol. The zero-order valence-corrected chi connectivity index (χ0v) is 6.93. The summed E-state index contributed by atoms with van der Waals surface area (Å²) in [6.45, 7) is 0.108. The molecular weight excluding hydrogens is 179 g/mol. The van der Waals surface area contributed by atoms with Gasteiger partial charge in [-0.25, -0.2) is 13.2 Å². The maximum atomic E-state index is 13.1. The molecule has 1 aromatic rings. The molecule has 0 saturated carbocycles. The van der Waals surface area contributed by atoms with Gasteiger partial charge in [0.15, 0.2) is 11.6 Å². The molecule has 0 radical (unpaired) electrons. The molecule has 1 rings (SSSR count). The number of hydrogen-bond acceptors (Lipinski definition) is 1. The molecule has 1 unspecified atom stereocenters. The summed E-state index contributed by atoms with van der Waals surface area (Å²) in [6, 6.07) is 3.45. The highest BCUT2D eigenvalue weighted by molar-refractivity contribution is 5.21. The Bertz CT molecular complexity index is 288. The molecule has 13 heavy (non-hydrogen) atoms. The lowest BCUT2D eigenvalue weighted by molar-refractivity contribution is 0.313. The molecule has 0 fully saturated rings. The van der Waals surface area contributed by atoms with Crippen molar-refractivity contribution in [3.63, 3.8) is 0 Å². The first-order chi connectivity index (χ1) is 6.16. The van der Waals surface area contributed by atoms with Crippen LogP contribution in [0.25, 0.3) is 0 Å². The number of nitrogens with two attached hydrogens (primary N) is 1. The van der Waals surface area contributed by atoms with Crippen molar-refractivity contribution in [2.24, 2.45) is 5.73 Å². The zero-order chi connectivity index (χ0) is 9.84. The van der Waals surface area contributed by atoms with Crippen LogP contribution >= 0.6 is 0 Å². The first-order valence-corrected chi connectivity index (χ1v) is 3.95. The lowest BCUT2D eigenvalue weighted by atomic mass is 10.1. The molecule has 4 heteroatoms. The van der Waals surface area contributed by atoms with Gasteiger partial charge >= 0.3 is 0 Å². The maximum Gasteiger partial charge on any atom is 0.164 e. The number of rotatable bonds is 3. The van der Waals surface area contributed by atoms with E-state index in [9.17, 15) is 13.2 Å². The van der Waals surface area contributed by atoms with E-state index < -0.39 is 17.8 Å². The van der Waals surface area contributed by atoms with Gasteiger partial charge in [0, 0.05) is 5.56 Å². The molecule has 1 aromatic carbocycles. The summed E-state index contributed by atoms with van der Waals surface area (Å²) >= 11 is 0. The van der Waals surface area contributed by atoms with E-state index in [0.29, 0.717) is 0 Å². The highest BCUT2D eigenvalue weighted by atomic mass is 19.2. The number of benzene rings is 1. The van der Waals surface area contributed by atoms with Crippen molar-refractivity contribution in [2.45, 2.75) is 12.6 Å². The number of alkyl halides is 1. The van der Waals surface area contributed by atoms with Gasteiger partial charge in [-0.1, -0.05) is 12.1 Å². The van der Waals surface area contributed by atoms with Gasteiger partial charge in [0.2, 0.25) is 0 Å². The summed E-state index contributed by atoms with van der Waals surface area (Å²) in [6.07, 6.45) is -1.53. The molecule has 2 N–H and O–H groups in total. The predicted octanol–water partition coefficient (Wildman–Crippen LogP) is 2.32. The number of hydrogen-bond donors (Lipinski definition) is 1. The number of halogens is 3. The minimum atomic E-state index is -1.53. The van der Waals surface area contributed by atoms with Crippen molar-refractivity contribution in [1.29, 1.82) is 0 Å². The van der Waals surface area contributed by atoms with Crippen molar-refractivity contribution < 1.29 is 13.2 Å². The Morgan fingerprint density at radius 1 is 1.31 bits per heavy atom. The quantitative estimate of drug-likeness (QED) is 0.775. The fourth-order valence-electron chi connectivity index (χ4n) is 1.06. The summed E-state index contributed by atoms with van der Waals surface area (Å²) in [5, 5.41) is 0. The summed E-state index contributed by atoms with van der Waals surface area (Å²) in [7, 11) is 0. The van der Waals surface area contributed by atoms with Gasteiger partial charge in [-0.05, 0) is 19.0 Å². The van der Waals surface area contributed by atoms with Crippen LogP contribution in [0.1, 0.15) is 18.2 Å². The van der Waals surface area contributed by atoms with Gasteiger partial charge in [-0.3, -0.25) is 0 Å². The molecule has 0 aromatic heterocycles. The van der Waals surface area contributed by atoms with Crippen LogP contribution in [-0.2, 0) is 0 Å². The second-order valence-corrected chi connectivity index (χ2v) is 2.69. The highest BCUT2D eigenvalue weighted by Crippen LogP contribution is 2.24. The summed E-state index contributed by atoms with van der Waals surface area (Å²) in [5.74, 6) is -2.15. The Balaban J connectivity index is 2.93. The molecule has 1 nitrogen and oxygen atoms in total. The largest absolute Gasteiger partial charge is 0.330 e. The van der Waals surface area contributed by atoms with E-state index in [-0.39, 0.29) is 18.5 Å². The molecule has 0 aliphatic heterocycles. The van der Waals surface area contributed by atoms with E-state index >= 15 is 0 Å². The maximum absolute atomic E-state index is 13.1. The molecule has 0 saturated heterocycles. The average molecular weight is 189 g/mol. The van der Waals surface area contributed by atoms with Crippen LogP contribution in [-0.4, -0.2) is 6.54 Å². The standard InChI is InChI=1S/C9H10F3N/c10-7(4-5-13)6-2-1-3-8(11)9(6)12/h1-3,7H,4-5,13H2. The van der Waals surface area contributed by atoms with Crippen molar-refractivity contribution in [3.05, 3.63) is 35.4 Å². The van der Waals surface area contributed by atoms with Crippen molar-refractivity contribution in [3.8, 4) is 0 Å². The Morgan fingerprint density at radius 3 is 2.62 bits per heavy atom. The van der Waals surface area contributed by atoms with E-state index in [2.05, 4.69) is 0 Å². The summed E-state index contributed by atoms with van der Waals surface area (Å²) in [4.78, 5) is 0. The molecular formula is C9H10F3N. The van der Waals surface area contributed by atoms with Crippen LogP contribution in [0, 0.1) is 11.6 Å². The molecule has 72 valence electrons. The normalized spacial score (nSPS) is 12.9. The van der Waals surface area contributed by atoms with E-state index in [1.807, 2.05) is 0 Å². The molecule has 0 heterocycles. The SMILES string of the molecule is NCCC(F)c1cccc(F)c1F. The summed E-state index contributed by atoms with van der Waals surface area (Å²) in [5.41, 5.74) is 4.84. The van der Waals surface area contributed by atoms with Crippen LogP contribution in [0.3, 0.4) is 0 Å². The van der Waals surface area contributed by atoms with Crippen molar-refractivity contribution in [2.75, 3.05) is 6.54 Å². The fourth-order valence-corrected chi connectivity index (χ4v) is 1.06. The molecule has 0 aliphatic rings. The van der Waals surface area contributed by atoms with Crippen LogP contribution in [0.4, 0.5) is 13.2 Å². The lowest BCUT2D eigenvalue weighted by Crippen LogP contribution is -2.05. The Labute approximate surface area is 74.4 Å². The van der Waals surface area contributed by atoms with Gasteiger partial charge in [-0.2, -0.15) is 0 Å². The molecule has 0 bridgehead atoms. The van der Waals surface area contributed by atoms with Crippen molar-refractivity contribution >= 4 is 0 Å².